The number of aliphatic carboxylic acids is 3. The second kappa shape index (κ2) is 21.1. The Labute approximate surface area is 323 Å². The van der Waals surface area contributed by atoms with E-state index in [4.69, 9.17) is 72.1 Å². The van der Waals surface area contributed by atoms with E-state index in [1.807, 2.05) is 0 Å². The Morgan fingerprint density at radius 2 is 0.732 bits per heavy atom. The summed E-state index contributed by atoms with van der Waals surface area (Å²) >= 11 is 5.81. The van der Waals surface area contributed by atoms with E-state index in [0.29, 0.717) is 16.7 Å². The third kappa shape index (κ3) is 15.6. The Morgan fingerprint density at radius 3 is 0.929 bits per heavy atom. The molecule has 9 N–H and O–H groups in total. The average molecular weight is 814 g/mol. The van der Waals surface area contributed by atoms with E-state index >= 15 is 0 Å². The monoisotopic (exact) mass is 813 g/mol. The molecule has 3 atom stereocenters. The lowest BCUT2D eigenvalue weighted by Crippen LogP contribution is -2.17. The van der Waals surface area contributed by atoms with Crippen LogP contribution in [0.4, 0.5) is 14.4 Å². The van der Waals surface area contributed by atoms with E-state index < -0.39 is 61.2 Å². The molecular formula is C36H36N3O15PS. The van der Waals surface area contributed by atoms with Gasteiger partial charge in [-0.3, -0.25) is 0 Å². The minimum absolute atomic E-state index is 0.00595. The quantitative estimate of drug-likeness (QED) is 0.0411. The normalized spacial score (nSPS) is 13.9. The van der Waals surface area contributed by atoms with Crippen molar-refractivity contribution in [3.05, 3.63) is 126 Å². The summed E-state index contributed by atoms with van der Waals surface area (Å²) in [5.74, 6) is -3.15. The number of rotatable bonds is 21. The van der Waals surface area contributed by atoms with Crippen molar-refractivity contribution in [1.82, 2.24) is 0 Å². The highest BCUT2D eigenvalue weighted by Gasteiger charge is 2.28. The second-order valence-corrected chi connectivity index (χ2v) is 13.9. The van der Waals surface area contributed by atoms with Gasteiger partial charge in [-0.2, -0.15) is 0 Å². The minimum Gasteiger partial charge on any atom is -0.478 e. The van der Waals surface area contributed by atoms with Crippen molar-refractivity contribution in [3.63, 3.8) is 0 Å². The van der Waals surface area contributed by atoms with Crippen LogP contribution in [0.25, 0.3) is 0 Å². The molecule has 3 rings (SSSR count). The standard InChI is InChI=1S/C36H36N3O15PS/c37-34(46)49-28(4-1-7-31(40)41)22-10-16-25(17-11-22)52-55(56,53-26-18-12-23(13-19-26)29(50-35(38)47)5-2-8-32(42)43)54-27-20-14-24(15-21-27)30(51-36(39)48)6-3-9-33(44)45/h1-3,7-21,28-30H,4-6H2,(H2,37,46)(H2,38,47)(H2,39,48)(H,40,41)(H,42,43)(H,44,45). The van der Waals surface area contributed by atoms with Crippen LogP contribution in [0.2, 0.25) is 0 Å². The molecule has 0 heterocycles. The van der Waals surface area contributed by atoms with E-state index in [-0.39, 0.29) is 36.5 Å². The van der Waals surface area contributed by atoms with Crippen LogP contribution in [0.5, 0.6) is 17.2 Å². The molecule has 0 aliphatic carbocycles. The maximum atomic E-state index is 11.5. The number of primary amides is 3. The van der Waals surface area contributed by atoms with E-state index in [1.165, 1.54) is 91.0 Å². The Hall–Kier alpha value is -6.85. The van der Waals surface area contributed by atoms with Crippen LogP contribution in [-0.4, -0.2) is 51.5 Å². The SMILES string of the molecule is NC(=O)OC(CC=CC(=O)O)c1ccc(OP(=S)(Oc2ccc(C(CC=CC(=O)O)OC(N)=O)cc2)Oc2ccc(C(CC=CC(=O)O)OC(N)=O)cc2)cc1. The number of carboxylic acids is 3. The molecule has 0 bridgehead atoms. The lowest BCUT2D eigenvalue weighted by Gasteiger charge is -2.24. The van der Waals surface area contributed by atoms with Crippen LogP contribution in [0.15, 0.2) is 109 Å². The predicted octanol–water partition coefficient (Wildman–Crippen LogP) is 5.95. The van der Waals surface area contributed by atoms with Crippen LogP contribution >= 0.6 is 6.72 Å². The molecule has 0 saturated carbocycles. The summed E-state index contributed by atoms with van der Waals surface area (Å²) in [6.45, 7) is -3.87. The molecule has 3 aromatic carbocycles. The van der Waals surface area contributed by atoms with Crippen LogP contribution in [-0.2, 0) is 40.4 Å². The number of hydrogen-bond acceptors (Lipinski definition) is 13. The number of amides is 3. The first-order chi connectivity index (χ1) is 26.5. The summed E-state index contributed by atoms with van der Waals surface area (Å²) in [5, 5.41) is 26.8. The highest BCUT2D eigenvalue weighted by atomic mass is 32.5. The van der Waals surface area contributed by atoms with Crippen molar-refractivity contribution in [2.24, 2.45) is 17.2 Å². The maximum absolute atomic E-state index is 11.5. The Kier molecular flexibility index (Phi) is 16.4. The lowest BCUT2D eigenvalue weighted by molar-refractivity contribution is -0.132. The van der Waals surface area contributed by atoms with Crippen molar-refractivity contribution >= 4 is 54.7 Å². The van der Waals surface area contributed by atoms with Crippen LogP contribution in [0.1, 0.15) is 54.3 Å². The number of carboxylic acid groups (broad SMARTS) is 3. The minimum atomic E-state index is -3.87. The van der Waals surface area contributed by atoms with Crippen molar-refractivity contribution in [2.75, 3.05) is 0 Å². The molecule has 3 amide bonds. The zero-order chi connectivity index (χ0) is 41.3. The van der Waals surface area contributed by atoms with E-state index in [2.05, 4.69) is 0 Å². The van der Waals surface area contributed by atoms with Gasteiger partial charge in [0.25, 0.3) is 0 Å². The van der Waals surface area contributed by atoms with Gasteiger partial charge in [0.1, 0.15) is 35.6 Å². The number of carbonyl (C=O) groups excluding carboxylic acids is 3. The molecule has 0 aliphatic rings. The van der Waals surface area contributed by atoms with Gasteiger partial charge in [0.05, 0.1) is 0 Å². The molecule has 3 aromatic rings. The third-order valence-corrected chi connectivity index (χ3v) is 8.99. The first kappa shape index (κ1) is 43.6. The van der Waals surface area contributed by atoms with Gasteiger partial charge < -0.3 is 60.3 Å². The van der Waals surface area contributed by atoms with Gasteiger partial charge in [0, 0.05) is 49.3 Å². The zero-order valence-corrected chi connectivity index (χ0v) is 30.8. The molecule has 20 heteroatoms. The number of benzene rings is 3. The molecule has 0 saturated heterocycles. The summed E-state index contributed by atoms with van der Waals surface area (Å²) in [6.07, 6.45) is 0.481. The summed E-state index contributed by atoms with van der Waals surface area (Å²) in [4.78, 5) is 67.3. The largest absolute Gasteiger partial charge is 0.490 e. The fraction of sp³-hybridized carbons (Fsp3) is 0.167. The Morgan fingerprint density at radius 1 is 0.500 bits per heavy atom. The third-order valence-electron chi connectivity index (χ3n) is 7.01. The highest BCUT2D eigenvalue weighted by Crippen LogP contribution is 2.50. The van der Waals surface area contributed by atoms with Crippen molar-refractivity contribution in [2.45, 2.75) is 37.6 Å². The molecule has 0 spiro atoms. The summed E-state index contributed by atoms with van der Waals surface area (Å²) < 4.78 is 33.7. The van der Waals surface area contributed by atoms with Gasteiger partial charge >= 0.3 is 42.9 Å². The Balaban J connectivity index is 1.95. The van der Waals surface area contributed by atoms with Crippen LogP contribution in [0.3, 0.4) is 0 Å². The summed E-state index contributed by atoms with van der Waals surface area (Å²) in [7, 11) is 0. The molecule has 296 valence electrons. The van der Waals surface area contributed by atoms with Gasteiger partial charge in [-0.15, -0.1) is 0 Å². The number of ether oxygens (including phenoxy) is 3. The van der Waals surface area contributed by atoms with Gasteiger partial charge in [-0.05, 0) is 53.1 Å². The number of carbonyl (C=O) groups is 6. The summed E-state index contributed by atoms with van der Waals surface area (Å²) in [5.41, 5.74) is 16.9. The van der Waals surface area contributed by atoms with Gasteiger partial charge in [-0.1, -0.05) is 54.6 Å². The van der Waals surface area contributed by atoms with Gasteiger partial charge in [-0.25, -0.2) is 28.8 Å². The molecule has 0 aliphatic heterocycles. The Bertz CT molecular complexity index is 1780. The molecule has 18 nitrogen and oxygen atoms in total. The maximum Gasteiger partial charge on any atom is 0.490 e. The van der Waals surface area contributed by atoms with E-state index in [9.17, 15) is 28.8 Å². The topological polar surface area (TPSA) is 297 Å². The molecule has 0 aromatic heterocycles. The second-order valence-electron chi connectivity index (χ2n) is 11.1. The molecule has 56 heavy (non-hydrogen) atoms. The first-order valence-corrected chi connectivity index (χ1v) is 18.6. The predicted molar refractivity (Wildman–Crippen MR) is 200 cm³/mol. The lowest BCUT2D eigenvalue weighted by atomic mass is 10.1. The average Bonchev–Trinajstić information content (AvgIpc) is 3.10. The molecule has 3 unspecified atom stereocenters. The molecule has 0 radical (unpaired) electrons. The molecule has 0 fully saturated rings. The smallest absolute Gasteiger partial charge is 0.478 e. The fourth-order valence-corrected chi connectivity index (χ4v) is 6.75. The van der Waals surface area contributed by atoms with Gasteiger partial charge in [0.2, 0.25) is 0 Å². The molecular weight excluding hydrogens is 777 g/mol. The first-order valence-electron chi connectivity index (χ1n) is 16.1. The van der Waals surface area contributed by atoms with Crippen molar-refractivity contribution in [3.8, 4) is 17.2 Å². The highest BCUT2D eigenvalue weighted by molar-refractivity contribution is 8.08. The summed E-state index contributed by atoms with van der Waals surface area (Å²) in [6, 6.07) is 18.0. The van der Waals surface area contributed by atoms with Crippen molar-refractivity contribution < 1.29 is 71.9 Å². The van der Waals surface area contributed by atoms with Crippen LogP contribution in [0, 0.1) is 0 Å². The number of hydrogen-bond donors (Lipinski definition) is 6. The number of nitrogens with two attached hydrogens (primary N) is 3. The zero-order valence-electron chi connectivity index (χ0n) is 29.1. The van der Waals surface area contributed by atoms with Gasteiger partial charge in [0.15, 0.2) is 0 Å². The fourth-order valence-electron chi connectivity index (χ4n) is 4.73. The van der Waals surface area contributed by atoms with Crippen molar-refractivity contribution in [1.29, 1.82) is 0 Å². The van der Waals surface area contributed by atoms with E-state index in [1.54, 1.807) is 0 Å². The van der Waals surface area contributed by atoms with E-state index in [0.717, 1.165) is 18.2 Å². The van der Waals surface area contributed by atoms with Crippen LogP contribution < -0.4 is 30.8 Å².